The highest BCUT2D eigenvalue weighted by atomic mass is 16.2. The molecule has 4 saturated carbocycles. The first-order valence-corrected chi connectivity index (χ1v) is 18.6. The minimum absolute atomic E-state index is 0.0497. The number of hydrogen-bond acceptors (Lipinski definition) is 5. The van der Waals surface area contributed by atoms with Crippen LogP contribution in [0.2, 0.25) is 0 Å². The maximum absolute atomic E-state index is 12.7. The number of amides is 5. The van der Waals surface area contributed by atoms with Gasteiger partial charge in [0.2, 0.25) is 12.0 Å². The smallest absolute Gasteiger partial charge is 0.319 e. The minimum Gasteiger partial charge on any atom is -0.331 e. The molecule has 5 amide bonds. The summed E-state index contributed by atoms with van der Waals surface area (Å²) >= 11 is 0. The normalized spacial score (nSPS) is 33.1. The highest BCUT2D eigenvalue weighted by Gasteiger charge is 2.54. The second-order valence-electron chi connectivity index (χ2n) is 16.6. The lowest BCUT2D eigenvalue weighted by atomic mass is 9.72. The van der Waals surface area contributed by atoms with E-state index < -0.39 is 5.41 Å². The quantitative estimate of drug-likeness (QED) is 0.100. The maximum atomic E-state index is 12.7. The number of likely N-dealkylation sites (tertiary alicyclic amines) is 2. The van der Waals surface area contributed by atoms with Gasteiger partial charge < -0.3 is 19.6 Å². The average molecular weight is 667 g/mol. The Morgan fingerprint density at radius 3 is 1.52 bits per heavy atom. The van der Waals surface area contributed by atoms with E-state index in [1.165, 1.54) is 64.2 Å². The van der Waals surface area contributed by atoms with Gasteiger partial charge in [-0.1, -0.05) is 64.2 Å². The number of nitrogens with zero attached hydrogens (tertiary/aromatic N) is 8. The molecule has 0 aromatic carbocycles. The van der Waals surface area contributed by atoms with Crippen LogP contribution in [0.15, 0.2) is 10.1 Å². The minimum atomic E-state index is -0.489. The molecule has 266 valence electrons. The number of aliphatic imine (C=N–C) groups is 1. The van der Waals surface area contributed by atoms with Crippen LogP contribution in [0.3, 0.4) is 0 Å². The largest absolute Gasteiger partial charge is 0.331 e. The fourth-order valence-corrected chi connectivity index (χ4v) is 10.7. The molecule has 6 aliphatic rings. The number of urea groups is 2. The SMILES string of the molecule is CN(C)C(=O)N1CC2CC(CC3CCCCC3)(C(=O)N=[N+]=[N-])CC2C1.CN(C)C(=O)N1CC2CC(CC3CCCCC3)(N=C=O)CC2C1. The van der Waals surface area contributed by atoms with Crippen molar-refractivity contribution in [3.63, 3.8) is 0 Å². The number of hydrogen-bond donors (Lipinski definition) is 0. The molecule has 6 fully saturated rings. The van der Waals surface area contributed by atoms with E-state index in [4.69, 9.17) is 5.53 Å². The van der Waals surface area contributed by atoms with Crippen molar-refractivity contribution >= 4 is 24.0 Å². The van der Waals surface area contributed by atoms with Gasteiger partial charge in [0.15, 0.2) is 0 Å². The molecule has 2 heterocycles. The molecule has 48 heavy (non-hydrogen) atoms. The van der Waals surface area contributed by atoms with Crippen LogP contribution in [0.5, 0.6) is 0 Å². The van der Waals surface area contributed by atoms with E-state index >= 15 is 0 Å². The summed E-state index contributed by atoms with van der Waals surface area (Å²) in [5.41, 5.74) is 8.10. The van der Waals surface area contributed by atoms with Crippen LogP contribution in [0.1, 0.15) is 103 Å². The third-order valence-corrected chi connectivity index (χ3v) is 12.7. The summed E-state index contributed by atoms with van der Waals surface area (Å²) in [6.45, 7) is 3.08. The van der Waals surface area contributed by atoms with Gasteiger partial charge in [0.1, 0.15) is 0 Å². The third kappa shape index (κ3) is 8.19. The topological polar surface area (TPSA) is 142 Å². The van der Waals surface area contributed by atoms with Crippen molar-refractivity contribution in [1.29, 1.82) is 0 Å². The van der Waals surface area contributed by atoms with Crippen LogP contribution in [0.25, 0.3) is 10.4 Å². The highest BCUT2D eigenvalue weighted by molar-refractivity contribution is 5.84. The predicted octanol–water partition coefficient (Wildman–Crippen LogP) is 6.86. The van der Waals surface area contributed by atoms with Crippen LogP contribution >= 0.6 is 0 Å². The van der Waals surface area contributed by atoms with Crippen molar-refractivity contribution in [2.45, 2.75) is 108 Å². The summed E-state index contributed by atoms with van der Waals surface area (Å²) < 4.78 is 0. The van der Waals surface area contributed by atoms with Crippen LogP contribution in [-0.4, -0.2) is 104 Å². The van der Waals surface area contributed by atoms with Gasteiger partial charge in [-0.05, 0) is 84.7 Å². The van der Waals surface area contributed by atoms with Crippen LogP contribution in [0, 0.1) is 40.9 Å². The Bertz CT molecular complexity index is 1230. The van der Waals surface area contributed by atoms with Crippen molar-refractivity contribution in [3.05, 3.63) is 10.4 Å². The molecule has 2 aliphatic heterocycles. The lowest BCUT2D eigenvalue weighted by Gasteiger charge is -2.34. The van der Waals surface area contributed by atoms with Gasteiger partial charge in [-0.2, -0.15) is 4.99 Å². The summed E-state index contributed by atoms with van der Waals surface area (Å²) in [5, 5.41) is 3.51. The fourth-order valence-electron chi connectivity index (χ4n) is 10.7. The Kier molecular flexibility index (Phi) is 11.8. The first kappa shape index (κ1) is 36.2. The standard InChI is InChI=1S/C18H29N5O2.C18H29N3O2/c1-22(2)17(25)23-11-14-9-18(10-15(14)12-23,16(24)20-21-19)8-13-6-4-3-5-7-13;1-20(2)17(23)21-11-15-9-18(19-13-22,10-16(15)12-21)8-14-6-4-3-5-7-14/h13-15H,3-12H2,1-2H3;14-16H,3-12H2,1-2H3. The van der Waals surface area contributed by atoms with Gasteiger partial charge in [-0.3, -0.25) is 4.79 Å². The van der Waals surface area contributed by atoms with E-state index in [1.54, 1.807) is 38.0 Å². The van der Waals surface area contributed by atoms with Gasteiger partial charge in [-0.15, -0.1) is 0 Å². The monoisotopic (exact) mass is 666 g/mol. The zero-order valence-corrected chi connectivity index (χ0v) is 29.8. The Morgan fingerprint density at radius 2 is 1.12 bits per heavy atom. The molecule has 0 aromatic heterocycles. The number of isocyanates is 1. The Morgan fingerprint density at radius 1 is 0.708 bits per heavy atom. The highest BCUT2D eigenvalue weighted by Crippen LogP contribution is 2.54. The fraction of sp³-hybridized carbons (Fsp3) is 0.889. The van der Waals surface area contributed by atoms with Crippen LogP contribution in [0.4, 0.5) is 9.59 Å². The first-order valence-electron chi connectivity index (χ1n) is 18.6. The average Bonchev–Trinajstić information content (AvgIpc) is 3.80. The molecule has 0 radical (unpaired) electrons. The molecule has 4 aliphatic carbocycles. The first-order chi connectivity index (χ1) is 23.0. The Hall–Kier alpha value is -3.10. The number of fused-ring (bicyclic) bond motifs is 2. The molecule has 0 aromatic rings. The molecule has 0 spiro atoms. The molecule has 12 nitrogen and oxygen atoms in total. The molecule has 0 bridgehead atoms. The van der Waals surface area contributed by atoms with E-state index in [9.17, 15) is 19.2 Å². The number of carbonyl (C=O) groups is 3. The summed E-state index contributed by atoms with van der Waals surface area (Å²) in [5.74, 6) is 2.74. The molecular weight excluding hydrogens is 608 g/mol. The Labute approximate surface area is 286 Å². The van der Waals surface area contributed by atoms with Gasteiger partial charge in [-0.25, -0.2) is 14.4 Å². The van der Waals surface area contributed by atoms with Crippen molar-refractivity contribution in [3.8, 4) is 0 Å². The summed E-state index contributed by atoms with van der Waals surface area (Å²) in [6.07, 6.45) is 20.0. The molecule has 6 rings (SSSR count). The van der Waals surface area contributed by atoms with Gasteiger partial charge in [0.25, 0.3) is 0 Å². The summed E-state index contributed by atoms with van der Waals surface area (Å²) in [7, 11) is 7.16. The number of rotatable bonds is 6. The van der Waals surface area contributed by atoms with E-state index in [2.05, 4.69) is 15.0 Å². The van der Waals surface area contributed by atoms with E-state index in [-0.39, 0.29) is 23.5 Å². The summed E-state index contributed by atoms with van der Waals surface area (Å²) in [6, 6.07) is 0.157. The van der Waals surface area contributed by atoms with E-state index in [1.807, 2.05) is 15.9 Å². The summed E-state index contributed by atoms with van der Waals surface area (Å²) in [4.78, 5) is 62.3. The van der Waals surface area contributed by atoms with Crippen molar-refractivity contribution < 1.29 is 19.2 Å². The van der Waals surface area contributed by atoms with E-state index in [0.717, 1.165) is 70.6 Å². The third-order valence-electron chi connectivity index (χ3n) is 12.7. The van der Waals surface area contributed by atoms with Crippen molar-refractivity contribution in [1.82, 2.24) is 19.6 Å². The maximum Gasteiger partial charge on any atom is 0.319 e. The molecule has 4 atom stereocenters. The second kappa shape index (κ2) is 15.6. The van der Waals surface area contributed by atoms with Crippen LogP contribution < -0.4 is 0 Å². The van der Waals surface area contributed by atoms with Crippen molar-refractivity contribution in [2.24, 2.45) is 51.0 Å². The molecule has 12 heteroatoms. The lowest BCUT2D eigenvalue weighted by molar-refractivity contribution is -0.129. The van der Waals surface area contributed by atoms with E-state index in [0.29, 0.717) is 29.6 Å². The molecule has 4 unspecified atom stereocenters. The lowest BCUT2D eigenvalue weighted by Crippen LogP contribution is -2.39. The van der Waals surface area contributed by atoms with Gasteiger partial charge >= 0.3 is 12.1 Å². The zero-order chi connectivity index (χ0) is 34.5. The number of carbonyl (C=O) groups excluding carboxylic acids is 4. The predicted molar refractivity (Wildman–Crippen MR) is 184 cm³/mol. The van der Waals surface area contributed by atoms with Gasteiger partial charge in [0, 0.05) is 64.7 Å². The second-order valence-corrected chi connectivity index (χ2v) is 16.6. The van der Waals surface area contributed by atoms with Crippen LogP contribution in [-0.2, 0) is 9.59 Å². The molecule has 2 saturated heterocycles. The van der Waals surface area contributed by atoms with Crippen molar-refractivity contribution in [2.75, 3.05) is 54.4 Å². The van der Waals surface area contributed by atoms with Gasteiger partial charge in [0.05, 0.1) is 5.54 Å². The molecular formula is C36H58N8O4. The zero-order valence-electron chi connectivity index (χ0n) is 29.8. The molecule has 0 N–H and O–H groups in total. The number of azide groups is 1. The Balaban J connectivity index is 0.000000188.